The second-order valence-corrected chi connectivity index (χ2v) is 6.50. The van der Waals surface area contributed by atoms with Crippen LogP contribution in [0.4, 0.5) is 0 Å². The molecule has 0 heterocycles. The molecular weight excluding hydrogens is 294 g/mol. The van der Waals surface area contributed by atoms with Crippen LogP contribution in [0.1, 0.15) is 43.5 Å². The van der Waals surface area contributed by atoms with Gasteiger partial charge in [0.2, 0.25) is 10.0 Å². The van der Waals surface area contributed by atoms with E-state index in [-0.39, 0.29) is 17.1 Å². The molecule has 0 aliphatic carbocycles. The zero-order valence-corrected chi connectivity index (χ0v) is 12.8. The molecule has 1 atom stereocenters. The molecule has 0 spiro atoms. The number of benzene rings is 1. The minimum Gasteiger partial charge on any atom is -0.481 e. The molecule has 1 aromatic carbocycles. The van der Waals surface area contributed by atoms with Gasteiger partial charge < -0.3 is 5.11 Å². The molecule has 116 valence electrons. The number of aliphatic carboxylic acids is 1. The molecule has 7 heteroatoms. The fraction of sp³-hybridized carbons (Fsp3) is 0.429. The van der Waals surface area contributed by atoms with Crippen LogP contribution in [-0.2, 0) is 14.8 Å². The number of nitrogens with one attached hydrogen (secondary N) is 1. The molecule has 1 aromatic rings. The Labute approximate surface area is 124 Å². The predicted octanol–water partition coefficient (Wildman–Crippen LogP) is 1.81. The Morgan fingerprint density at radius 2 is 2.00 bits per heavy atom. The number of Topliss-reactive ketones (excluding diaryl/α,β-unsaturated/α-hetero) is 1. The summed E-state index contributed by atoms with van der Waals surface area (Å²) in [7, 11) is -3.85. The van der Waals surface area contributed by atoms with Gasteiger partial charge in [-0.1, -0.05) is 25.5 Å². The van der Waals surface area contributed by atoms with Gasteiger partial charge in [-0.05, 0) is 25.5 Å². The molecule has 0 saturated heterocycles. The summed E-state index contributed by atoms with van der Waals surface area (Å²) in [5, 5.41) is 8.82. The highest BCUT2D eigenvalue weighted by Gasteiger charge is 2.22. The Morgan fingerprint density at radius 1 is 1.33 bits per heavy atom. The Bertz CT molecular complexity index is 624. The highest BCUT2D eigenvalue weighted by molar-refractivity contribution is 7.89. The van der Waals surface area contributed by atoms with E-state index in [1.54, 1.807) is 0 Å². The third-order valence-electron chi connectivity index (χ3n) is 2.93. The number of carbonyl (C=O) groups excluding carboxylic acids is 1. The normalized spacial score (nSPS) is 12.9. The summed E-state index contributed by atoms with van der Waals surface area (Å²) >= 11 is 0. The van der Waals surface area contributed by atoms with E-state index in [4.69, 9.17) is 5.11 Å². The van der Waals surface area contributed by atoms with Crippen LogP contribution in [0.5, 0.6) is 0 Å². The molecule has 1 rings (SSSR count). The summed E-state index contributed by atoms with van der Waals surface area (Å²) in [4.78, 5) is 22.0. The molecule has 0 fully saturated rings. The fourth-order valence-corrected chi connectivity index (χ4v) is 3.25. The van der Waals surface area contributed by atoms with Gasteiger partial charge in [-0.3, -0.25) is 9.59 Å². The summed E-state index contributed by atoms with van der Waals surface area (Å²) in [6.45, 7) is 3.20. The average Bonchev–Trinajstić information content (AvgIpc) is 2.38. The predicted molar refractivity (Wildman–Crippen MR) is 77.7 cm³/mol. The Balaban J connectivity index is 3.01. The number of sulfonamides is 1. The van der Waals surface area contributed by atoms with Crippen LogP contribution in [0.25, 0.3) is 0 Å². The van der Waals surface area contributed by atoms with Crippen LogP contribution in [0, 0.1) is 0 Å². The molecule has 0 aliphatic heterocycles. The lowest BCUT2D eigenvalue weighted by Gasteiger charge is -2.16. The first kappa shape index (κ1) is 17.3. The highest BCUT2D eigenvalue weighted by Crippen LogP contribution is 2.14. The lowest BCUT2D eigenvalue weighted by atomic mass is 10.1. The van der Waals surface area contributed by atoms with Gasteiger partial charge in [0.05, 0.1) is 11.3 Å². The monoisotopic (exact) mass is 313 g/mol. The molecule has 0 aliphatic rings. The van der Waals surface area contributed by atoms with Crippen molar-refractivity contribution in [1.29, 1.82) is 0 Å². The van der Waals surface area contributed by atoms with Gasteiger partial charge in [-0.2, -0.15) is 0 Å². The number of hydrogen-bond acceptors (Lipinski definition) is 4. The summed E-state index contributed by atoms with van der Waals surface area (Å²) in [5.74, 6) is -1.30. The van der Waals surface area contributed by atoms with Gasteiger partial charge in [0, 0.05) is 11.6 Å². The zero-order chi connectivity index (χ0) is 16.0. The maximum atomic E-state index is 12.3. The molecule has 2 N–H and O–H groups in total. The minimum absolute atomic E-state index is 0.0401. The second-order valence-electron chi connectivity index (χ2n) is 4.79. The van der Waals surface area contributed by atoms with Gasteiger partial charge in [-0.25, -0.2) is 13.1 Å². The van der Waals surface area contributed by atoms with Crippen LogP contribution < -0.4 is 4.72 Å². The third-order valence-corrected chi connectivity index (χ3v) is 4.45. The lowest BCUT2D eigenvalue weighted by Crippen LogP contribution is -2.36. The smallest absolute Gasteiger partial charge is 0.304 e. The van der Waals surface area contributed by atoms with Crippen molar-refractivity contribution in [2.45, 2.75) is 44.0 Å². The van der Waals surface area contributed by atoms with E-state index < -0.39 is 22.0 Å². The van der Waals surface area contributed by atoms with E-state index in [0.29, 0.717) is 18.4 Å². The number of hydrogen-bond donors (Lipinski definition) is 2. The number of carboxylic acids is 1. The van der Waals surface area contributed by atoms with Gasteiger partial charge in [0.15, 0.2) is 5.78 Å². The standard InChI is InChI=1S/C14H19NO5S/c1-3-5-12(9-14(17)18)15-21(19,20)13-7-4-6-11(8-13)10(2)16/h4,6-8,12,15H,3,5,9H2,1-2H3,(H,17,18). The number of ketones is 1. The third kappa shape index (κ3) is 5.28. The molecule has 1 unspecified atom stereocenters. The molecular formula is C14H19NO5S. The zero-order valence-electron chi connectivity index (χ0n) is 12.0. The van der Waals surface area contributed by atoms with E-state index in [9.17, 15) is 18.0 Å². The van der Waals surface area contributed by atoms with Crippen molar-refractivity contribution in [1.82, 2.24) is 4.72 Å². The fourth-order valence-electron chi connectivity index (χ4n) is 1.93. The average molecular weight is 313 g/mol. The summed E-state index contributed by atoms with van der Waals surface area (Å²) in [6, 6.07) is 5.00. The molecule has 0 saturated carbocycles. The Kier molecular flexibility index (Phi) is 6.04. The van der Waals surface area contributed by atoms with Crippen molar-refractivity contribution < 1.29 is 23.1 Å². The van der Waals surface area contributed by atoms with E-state index in [0.717, 1.165) is 0 Å². The van der Waals surface area contributed by atoms with Crippen LogP contribution >= 0.6 is 0 Å². The van der Waals surface area contributed by atoms with Gasteiger partial charge >= 0.3 is 5.97 Å². The maximum absolute atomic E-state index is 12.3. The number of rotatable bonds is 8. The second kappa shape index (κ2) is 7.33. The molecule has 0 radical (unpaired) electrons. The van der Waals surface area contributed by atoms with Crippen LogP contribution in [0.3, 0.4) is 0 Å². The van der Waals surface area contributed by atoms with Gasteiger partial charge in [0.1, 0.15) is 0 Å². The van der Waals surface area contributed by atoms with E-state index in [1.807, 2.05) is 6.92 Å². The summed E-state index contributed by atoms with van der Waals surface area (Å²) in [6.07, 6.45) is 0.811. The van der Waals surface area contributed by atoms with Crippen LogP contribution in [-0.4, -0.2) is 31.3 Å². The SMILES string of the molecule is CCCC(CC(=O)O)NS(=O)(=O)c1cccc(C(C)=O)c1. The molecule has 21 heavy (non-hydrogen) atoms. The number of carbonyl (C=O) groups is 2. The first-order valence-corrected chi connectivity index (χ1v) is 8.09. The van der Waals surface area contributed by atoms with Crippen molar-refractivity contribution in [3.05, 3.63) is 29.8 Å². The molecule has 0 amide bonds. The molecule has 0 aromatic heterocycles. The number of carboxylic acid groups (broad SMARTS) is 1. The van der Waals surface area contributed by atoms with Crippen LogP contribution in [0.15, 0.2) is 29.2 Å². The summed E-state index contributed by atoms with van der Waals surface area (Å²) in [5.41, 5.74) is 0.295. The van der Waals surface area contributed by atoms with E-state index in [1.165, 1.54) is 31.2 Å². The quantitative estimate of drug-likeness (QED) is 0.713. The minimum atomic E-state index is -3.85. The first-order valence-electron chi connectivity index (χ1n) is 6.61. The molecule has 0 bridgehead atoms. The van der Waals surface area contributed by atoms with Crippen molar-refractivity contribution in [2.75, 3.05) is 0 Å². The summed E-state index contributed by atoms with van der Waals surface area (Å²) < 4.78 is 26.9. The van der Waals surface area contributed by atoms with Crippen molar-refractivity contribution in [2.24, 2.45) is 0 Å². The van der Waals surface area contributed by atoms with Gasteiger partial charge in [0.25, 0.3) is 0 Å². The topological polar surface area (TPSA) is 101 Å². The lowest BCUT2D eigenvalue weighted by molar-refractivity contribution is -0.137. The van der Waals surface area contributed by atoms with Gasteiger partial charge in [-0.15, -0.1) is 0 Å². The van der Waals surface area contributed by atoms with E-state index in [2.05, 4.69) is 4.72 Å². The Morgan fingerprint density at radius 3 is 2.52 bits per heavy atom. The molecule has 6 nitrogen and oxygen atoms in total. The van der Waals surface area contributed by atoms with E-state index >= 15 is 0 Å². The highest BCUT2D eigenvalue weighted by atomic mass is 32.2. The first-order chi connectivity index (χ1) is 9.76. The Hall–Kier alpha value is -1.73. The van der Waals surface area contributed by atoms with Crippen molar-refractivity contribution in [3.63, 3.8) is 0 Å². The van der Waals surface area contributed by atoms with Crippen molar-refractivity contribution in [3.8, 4) is 0 Å². The van der Waals surface area contributed by atoms with Crippen molar-refractivity contribution >= 4 is 21.8 Å². The maximum Gasteiger partial charge on any atom is 0.304 e. The largest absolute Gasteiger partial charge is 0.481 e. The van der Waals surface area contributed by atoms with Crippen LogP contribution in [0.2, 0.25) is 0 Å².